The number of benzene rings is 2. The van der Waals surface area contributed by atoms with Crippen LogP contribution >= 0.6 is 0 Å². The molecule has 0 aliphatic rings. The van der Waals surface area contributed by atoms with E-state index in [4.69, 9.17) is 4.74 Å². The van der Waals surface area contributed by atoms with Crippen molar-refractivity contribution in [3.8, 4) is 22.9 Å². The summed E-state index contributed by atoms with van der Waals surface area (Å²) < 4.78 is 6.03. The number of carbonyl (C=O) groups excluding carboxylic acids is 1. The molecule has 0 bridgehead atoms. The zero-order valence-electron chi connectivity index (χ0n) is 19.5. The van der Waals surface area contributed by atoms with Gasteiger partial charge in [0, 0.05) is 30.2 Å². The van der Waals surface area contributed by atoms with Gasteiger partial charge in [-0.1, -0.05) is 19.9 Å². The Kier molecular flexibility index (Phi) is 7.13. The van der Waals surface area contributed by atoms with Crippen molar-refractivity contribution in [2.75, 3.05) is 10.6 Å². The summed E-state index contributed by atoms with van der Waals surface area (Å²) in [5.41, 5.74) is 5.38. The Balaban J connectivity index is 1.43. The van der Waals surface area contributed by atoms with Crippen molar-refractivity contribution in [1.29, 1.82) is 0 Å². The van der Waals surface area contributed by atoms with Gasteiger partial charge >= 0.3 is 6.03 Å². The van der Waals surface area contributed by atoms with Gasteiger partial charge < -0.3 is 15.4 Å². The summed E-state index contributed by atoms with van der Waals surface area (Å²) in [6, 6.07) is 18.3. The lowest BCUT2D eigenvalue weighted by Crippen LogP contribution is -2.19. The third-order valence-corrected chi connectivity index (χ3v) is 5.38. The Morgan fingerprint density at radius 2 is 1.65 bits per heavy atom. The first-order valence-corrected chi connectivity index (χ1v) is 11.3. The largest absolute Gasteiger partial charge is 0.438 e. The minimum atomic E-state index is -0.304. The topological polar surface area (TPSA) is 89.0 Å². The highest BCUT2D eigenvalue weighted by molar-refractivity contribution is 5.99. The standard InChI is InChI=1S/C27H27N5O2/c1-4-19-17-21(9-8-18(19)3)31-27(33)30-20-10-12-22(13-11-20)34-26-23(7-6-15-29-26)24-14-16-28-25(5-2)32-24/h6-17H,4-5H2,1-3H3,(H2,30,31,33). The van der Waals surface area contributed by atoms with Gasteiger partial charge in [0.25, 0.3) is 0 Å². The fourth-order valence-electron chi connectivity index (χ4n) is 3.53. The first-order chi connectivity index (χ1) is 16.6. The van der Waals surface area contributed by atoms with Gasteiger partial charge in [-0.3, -0.25) is 0 Å². The van der Waals surface area contributed by atoms with E-state index in [1.807, 2.05) is 43.3 Å². The Hall–Kier alpha value is -4.26. The number of anilines is 2. The predicted molar refractivity (Wildman–Crippen MR) is 134 cm³/mol. The molecule has 2 N–H and O–H groups in total. The van der Waals surface area contributed by atoms with E-state index in [9.17, 15) is 4.79 Å². The molecule has 2 heterocycles. The average Bonchev–Trinajstić information content (AvgIpc) is 2.86. The minimum Gasteiger partial charge on any atom is -0.438 e. The molecule has 0 saturated heterocycles. The van der Waals surface area contributed by atoms with Crippen molar-refractivity contribution in [3.05, 3.63) is 90.0 Å². The van der Waals surface area contributed by atoms with Crippen LogP contribution < -0.4 is 15.4 Å². The Morgan fingerprint density at radius 3 is 2.41 bits per heavy atom. The van der Waals surface area contributed by atoms with Gasteiger partial charge in [0.05, 0.1) is 11.3 Å². The number of amides is 2. The molecule has 2 amide bonds. The van der Waals surface area contributed by atoms with Crippen molar-refractivity contribution in [3.63, 3.8) is 0 Å². The molecule has 0 unspecified atom stereocenters. The molecule has 0 saturated carbocycles. The summed E-state index contributed by atoms with van der Waals surface area (Å²) in [6.07, 6.45) is 5.08. The number of ether oxygens (including phenoxy) is 1. The summed E-state index contributed by atoms with van der Waals surface area (Å²) in [6.45, 7) is 6.18. The van der Waals surface area contributed by atoms with Crippen molar-refractivity contribution in [2.45, 2.75) is 33.6 Å². The number of pyridine rings is 1. The number of nitrogens with zero attached hydrogens (tertiary/aromatic N) is 3. The van der Waals surface area contributed by atoms with Gasteiger partial charge in [-0.05, 0) is 79.1 Å². The second kappa shape index (κ2) is 10.6. The lowest BCUT2D eigenvalue weighted by atomic mass is 10.1. The van der Waals surface area contributed by atoms with Crippen LogP contribution in [0.2, 0.25) is 0 Å². The highest BCUT2D eigenvalue weighted by Crippen LogP contribution is 2.30. The summed E-state index contributed by atoms with van der Waals surface area (Å²) in [5.74, 6) is 1.81. The summed E-state index contributed by atoms with van der Waals surface area (Å²) in [7, 11) is 0. The zero-order valence-corrected chi connectivity index (χ0v) is 19.5. The Bertz CT molecular complexity index is 1290. The fraction of sp³-hybridized carbons (Fsp3) is 0.185. The van der Waals surface area contributed by atoms with E-state index in [-0.39, 0.29) is 6.03 Å². The second-order valence-electron chi connectivity index (χ2n) is 7.77. The van der Waals surface area contributed by atoms with Crippen LogP contribution in [0.1, 0.15) is 30.8 Å². The SMILES string of the molecule is CCc1nccc(-c2cccnc2Oc2ccc(NC(=O)Nc3ccc(C)c(CC)c3)cc2)n1. The zero-order chi connectivity index (χ0) is 23.9. The summed E-state index contributed by atoms with van der Waals surface area (Å²) >= 11 is 0. The number of aryl methyl sites for hydroxylation is 3. The maximum atomic E-state index is 12.4. The molecule has 0 aliphatic carbocycles. The van der Waals surface area contributed by atoms with Crippen LogP contribution in [-0.2, 0) is 12.8 Å². The van der Waals surface area contributed by atoms with Gasteiger partial charge in [-0.2, -0.15) is 0 Å². The second-order valence-corrected chi connectivity index (χ2v) is 7.77. The molecular weight excluding hydrogens is 426 g/mol. The maximum Gasteiger partial charge on any atom is 0.323 e. The lowest BCUT2D eigenvalue weighted by molar-refractivity contribution is 0.262. The fourth-order valence-corrected chi connectivity index (χ4v) is 3.53. The molecule has 172 valence electrons. The van der Waals surface area contributed by atoms with Gasteiger partial charge in [0.1, 0.15) is 11.6 Å². The molecule has 34 heavy (non-hydrogen) atoms. The summed E-state index contributed by atoms with van der Waals surface area (Å²) in [5, 5.41) is 5.72. The molecule has 4 aromatic rings. The van der Waals surface area contributed by atoms with Crippen molar-refractivity contribution in [2.24, 2.45) is 0 Å². The van der Waals surface area contributed by atoms with Crippen molar-refractivity contribution >= 4 is 17.4 Å². The molecule has 0 fully saturated rings. The first-order valence-electron chi connectivity index (χ1n) is 11.3. The number of aromatic nitrogens is 3. The van der Waals surface area contributed by atoms with Gasteiger partial charge in [0.2, 0.25) is 5.88 Å². The van der Waals surface area contributed by atoms with Crippen molar-refractivity contribution < 1.29 is 9.53 Å². The monoisotopic (exact) mass is 453 g/mol. The smallest absolute Gasteiger partial charge is 0.323 e. The number of rotatable bonds is 7. The van der Waals surface area contributed by atoms with Crippen LogP contribution in [0.5, 0.6) is 11.6 Å². The Labute approximate surface area is 199 Å². The lowest BCUT2D eigenvalue weighted by Gasteiger charge is -2.12. The van der Waals surface area contributed by atoms with E-state index >= 15 is 0 Å². The van der Waals surface area contributed by atoms with E-state index in [2.05, 4.69) is 39.4 Å². The maximum absolute atomic E-state index is 12.4. The van der Waals surface area contributed by atoms with Crippen LogP contribution in [0, 0.1) is 6.92 Å². The predicted octanol–water partition coefficient (Wildman–Crippen LogP) is 6.41. The third kappa shape index (κ3) is 5.56. The molecule has 0 spiro atoms. The number of urea groups is 1. The highest BCUT2D eigenvalue weighted by Gasteiger charge is 2.11. The van der Waals surface area contributed by atoms with Crippen LogP contribution in [0.25, 0.3) is 11.3 Å². The average molecular weight is 454 g/mol. The number of hydrogen-bond acceptors (Lipinski definition) is 5. The van der Waals surface area contributed by atoms with E-state index in [1.165, 1.54) is 11.1 Å². The number of carbonyl (C=O) groups is 1. The minimum absolute atomic E-state index is 0.304. The first kappa shape index (κ1) is 22.9. The van der Waals surface area contributed by atoms with Gasteiger partial charge in [-0.15, -0.1) is 0 Å². The molecule has 7 heteroatoms. The van der Waals surface area contributed by atoms with Crippen LogP contribution in [0.3, 0.4) is 0 Å². The molecule has 4 rings (SSSR count). The number of nitrogens with one attached hydrogen (secondary N) is 2. The molecule has 0 atom stereocenters. The van der Waals surface area contributed by atoms with Gasteiger partial charge in [-0.25, -0.2) is 19.7 Å². The van der Waals surface area contributed by atoms with E-state index in [1.54, 1.807) is 36.7 Å². The van der Waals surface area contributed by atoms with E-state index in [0.717, 1.165) is 35.6 Å². The van der Waals surface area contributed by atoms with E-state index in [0.29, 0.717) is 17.3 Å². The molecule has 7 nitrogen and oxygen atoms in total. The molecule has 0 aliphatic heterocycles. The third-order valence-electron chi connectivity index (χ3n) is 5.38. The molecule has 0 radical (unpaired) electrons. The van der Waals surface area contributed by atoms with E-state index < -0.39 is 0 Å². The molecule has 2 aromatic carbocycles. The number of hydrogen-bond donors (Lipinski definition) is 2. The van der Waals surface area contributed by atoms with Crippen LogP contribution in [-0.4, -0.2) is 21.0 Å². The van der Waals surface area contributed by atoms with Crippen LogP contribution in [0.4, 0.5) is 16.2 Å². The van der Waals surface area contributed by atoms with Crippen molar-refractivity contribution in [1.82, 2.24) is 15.0 Å². The molecular formula is C27H27N5O2. The normalized spacial score (nSPS) is 10.6. The quantitative estimate of drug-likeness (QED) is 0.338. The summed E-state index contributed by atoms with van der Waals surface area (Å²) in [4.78, 5) is 25.6. The molecule has 2 aromatic heterocycles. The van der Waals surface area contributed by atoms with Crippen LogP contribution in [0.15, 0.2) is 73.1 Å². The highest BCUT2D eigenvalue weighted by atomic mass is 16.5. The van der Waals surface area contributed by atoms with Gasteiger partial charge in [0.15, 0.2) is 0 Å². The Morgan fingerprint density at radius 1 is 0.882 bits per heavy atom.